The Labute approximate surface area is 111 Å². The van der Waals surface area contributed by atoms with E-state index >= 15 is 0 Å². The van der Waals surface area contributed by atoms with Crippen molar-refractivity contribution in [3.05, 3.63) is 0 Å². The van der Waals surface area contributed by atoms with Gasteiger partial charge < -0.3 is 10.1 Å². The van der Waals surface area contributed by atoms with E-state index in [1.165, 1.54) is 0 Å². The molecule has 1 aliphatic rings. The fourth-order valence-corrected chi connectivity index (χ4v) is 4.04. The Morgan fingerprint density at radius 2 is 2.17 bits per heavy atom. The van der Waals surface area contributed by atoms with Crippen molar-refractivity contribution in [1.82, 2.24) is 9.62 Å². The first-order chi connectivity index (χ1) is 8.60. The molecule has 1 aliphatic heterocycles. The van der Waals surface area contributed by atoms with Gasteiger partial charge >= 0.3 is 0 Å². The van der Waals surface area contributed by atoms with Gasteiger partial charge in [0.05, 0.1) is 12.4 Å². The lowest BCUT2D eigenvalue weighted by molar-refractivity contribution is 0.118. The molecule has 0 bridgehead atoms. The zero-order valence-electron chi connectivity index (χ0n) is 11.5. The number of piperidine rings is 1. The third-order valence-electron chi connectivity index (χ3n) is 3.36. The van der Waals surface area contributed by atoms with Crippen molar-refractivity contribution in [1.29, 1.82) is 0 Å². The highest BCUT2D eigenvalue weighted by atomic mass is 32.2. The van der Waals surface area contributed by atoms with Crippen LogP contribution >= 0.6 is 0 Å². The van der Waals surface area contributed by atoms with Gasteiger partial charge in [-0.2, -0.15) is 0 Å². The van der Waals surface area contributed by atoms with Crippen LogP contribution in [0.15, 0.2) is 0 Å². The molecule has 108 valence electrons. The number of nitrogens with zero attached hydrogens (tertiary/aromatic N) is 1. The van der Waals surface area contributed by atoms with E-state index in [2.05, 4.69) is 5.32 Å². The number of ether oxygens (including phenoxy) is 1. The standard InChI is InChI=1S/C12H26N2O3S/c1-13-7-3-4-9-18(15,16)14-8-5-6-12(10-14)11-17-2/h12-13H,3-11H2,1-2H3. The molecular weight excluding hydrogens is 252 g/mol. The molecule has 1 heterocycles. The van der Waals surface area contributed by atoms with Gasteiger partial charge in [-0.15, -0.1) is 0 Å². The molecule has 0 aromatic heterocycles. The van der Waals surface area contributed by atoms with Crippen molar-refractivity contribution < 1.29 is 13.2 Å². The van der Waals surface area contributed by atoms with Gasteiger partial charge in [-0.3, -0.25) is 0 Å². The van der Waals surface area contributed by atoms with Crippen molar-refractivity contribution >= 4 is 10.0 Å². The van der Waals surface area contributed by atoms with Crippen molar-refractivity contribution in [3.8, 4) is 0 Å². The quantitative estimate of drug-likeness (QED) is 0.663. The number of hydrogen-bond donors (Lipinski definition) is 1. The molecule has 0 aromatic rings. The summed E-state index contributed by atoms with van der Waals surface area (Å²) in [5, 5.41) is 3.03. The van der Waals surface area contributed by atoms with Crippen LogP contribution in [0.25, 0.3) is 0 Å². The van der Waals surface area contributed by atoms with E-state index in [-0.39, 0.29) is 5.75 Å². The molecule has 1 N–H and O–H groups in total. The lowest BCUT2D eigenvalue weighted by Crippen LogP contribution is -2.42. The smallest absolute Gasteiger partial charge is 0.214 e. The summed E-state index contributed by atoms with van der Waals surface area (Å²) in [5.41, 5.74) is 0. The first kappa shape index (κ1) is 15.9. The molecule has 0 amide bonds. The van der Waals surface area contributed by atoms with E-state index in [1.807, 2.05) is 7.05 Å². The van der Waals surface area contributed by atoms with Crippen LogP contribution in [0, 0.1) is 5.92 Å². The fourth-order valence-electron chi connectivity index (χ4n) is 2.37. The molecule has 5 nitrogen and oxygen atoms in total. The minimum absolute atomic E-state index is 0.272. The van der Waals surface area contributed by atoms with Crippen LogP contribution in [0.3, 0.4) is 0 Å². The molecule has 0 aliphatic carbocycles. The fraction of sp³-hybridized carbons (Fsp3) is 1.00. The first-order valence-electron chi connectivity index (χ1n) is 6.71. The SMILES string of the molecule is CNCCCCS(=O)(=O)N1CCCC(COC)C1. The summed E-state index contributed by atoms with van der Waals surface area (Å²) < 4.78 is 31.1. The van der Waals surface area contributed by atoms with Crippen LogP contribution in [0.2, 0.25) is 0 Å². The Morgan fingerprint density at radius 3 is 2.83 bits per heavy atom. The second-order valence-electron chi connectivity index (χ2n) is 4.95. The second-order valence-corrected chi connectivity index (χ2v) is 7.04. The Kier molecular flexibility index (Phi) is 7.14. The zero-order chi connectivity index (χ0) is 13.4. The van der Waals surface area contributed by atoms with Crippen LogP contribution in [-0.4, -0.2) is 58.9 Å². The molecule has 1 fully saturated rings. The molecule has 1 rings (SSSR count). The highest BCUT2D eigenvalue weighted by Gasteiger charge is 2.28. The molecule has 6 heteroatoms. The lowest BCUT2D eigenvalue weighted by Gasteiger charge is -2.31. The predicted molar refractivity (Wildman–Crippen MR) is 73.1 cm³/mol. The second kappa shape index (κ2) is 8.09. The Balaban J connectivity index is 2.40. The maximum atomic E-state index is 12.2. The van der Waals surface area contributed by atoms with Crippen LogP contribution in [0.4, 0.5) is 0 Å². The Bertz CT molecular complexity index is 317. The highest BCUT2D eigenvalue weighted by Crippen LogP contribution is 2.20. The molecule has 0 aromatic carbocycles. The number of methoxy groups -OCH3 is 1. The van der Waals surface area contributed by atoms with Crippen molar-refractivity contribution in [2.45, 2.75) is 25.7 Å². The normalized spacial score (nSPS) is 22.2. The Hall–Kier alpha value is -0.170. The van der Waals surface area contributed by atoms with Crippen molar-refractivity contribution in [2.75, 3.05) is 46.2 Å². The third-order valence-corrected chi connectivity index (χ3v) is 5.28. The number of unbranched alkanes of at least 4 members (excludes halogenated alkanes) is 1. The maximum Gasteiger partial charge on any atom is 0.214 e. The van der Waals surface area contributed by atoms with Gasteiger partial charge in [0.25, 0.3) is 0 Å². The van der Waals surface area contributed by atoms with Crippen LogP contribution < -0.4 is 5.32 Å². The topological polar surface area (TPSA) is 58.6 Å². The van der Waals surface area contributed by atoms with E-state index in [9.17, 15) is 8.42 Å². The summed E-state index contributed by atoms with van der Waals surface area (Å²) >= 11 is 0. The first-order valence-corrected chi connectivity index (χ1v) is 8.32. The summed E-state index contributed by atoms with van der Waals surface area (Å²) in [4.78, 5) is 0. The molecule has 18 heavy (non-hydrogen) atoms. The maximum absolute atomic E-state index is 12.2. The minimum Gasteiger partial charge on any atom is -0.384 e. The summed E-state index contributed by atoms with van der Waals surface area (Å²) in [6.45, 7) is 2.84. The highest BCUT2D eigenvalue weighted by molar-refractivity contribution is 7.89. The van der Waals surface area contributed by atoms with Gasteiger partial charge in [0.15, 0.2) is 0 Å². The van der Waals surface area contributed by atoms with Crippen molar-refractivity contribution in [2.24, 2.45) is 5.92 Å². The average molecular weight is 278 g/mol. The largest absolute Gasteiger partial charge is 0.384 e. The van der Waals surface area contributed by atoms with Crippen LogP contribution in [0.1, 0.15) is 25.7 Å². The lowest BCUT2D eigenvalue weighted by atomic mass is 10.0. The molecule has 1 saturated heterocycles. The average Bonchev–Trinajstić information content (AvgIpc) is 2.36. The molecule has 1 atom stereocenters. The minimum atomic E-state index is -3.07. The van der Waals surface area contributed by atoms with Gasteiger partial charge in [0, 0.05) is 20.2 Å². The van der Waals surface area contributed by atoms with E-state index < -0.39 is 10.0 Å². The van der Waals surface area contributed by atoms with Gasteiger partial charge in [-0.05, 0) is 45.2 Å². The molecular formula is C12H26N2O3S. The van der Waals surface area contributed by atoms with Crippen LogP contribution in [0.5, 0.6) is 0 Å². The summed E-state index contributed by atoms with van der Waals surface area (Å²) in [6, 6.07) is 0. The van der Waals surface area contributed by atoms with Gasteiger partial charge in [0.1, 0.15) is 0 Å². The Morgan fingerprint density at radius 1 is 1.39 bits per heavy atom. The number of nitrogens with one attached hydrogen (secondary N) is 1. The molecule has 0 radical (unpaired) electrons. The molecule has 1 unspecified atom stereocenters. The van der Waals surface area contributed by atoms with Crippen molar-refractivity contribution in [3.63, 3.8) is 0 Å². The summed E-state index contributed by atoms with van der Waals surface area (Å²) in [5.74, 6) is 0.629. The van der Waals surface area contributed by atoms with Crippen LogP contribution in [-0.2, 0) is 14.8 Å². The van der Waals surface area contributed by atoms with E-state index in [1.54, 1.807) is 11.4 Å². The van der Waals surface area contributed by atoms with Gasteiger partial charge in [-0.25, -0.2) is 12.7 Å². The number of rotatable bonds is 8. The van der Waals surface area contributed by atoms with E-state index in [0.717, 1.165) is 32.2 Å². The number of hydrogen-bond acceptors (Lipinski definition) is 4. The van der Waals surface area contributed by atoms with Gasteiger partial charge in [-0.1, -0.05) is 0 Å². The summed E-state index contributed by atoms with van der Waals surface area (Å²) in [7, 11) is 0.490. The van der Waals surface area contributed by atoms with E-state index in [4.69, 9.17) is 4.74 Å². The monoisotopic (exact) mass is 278 g/mol. The third kappa shape index (κ3) is 5.22. The summed E-state index contributed by atoms with van der Waals surface area (Å²) in [6.07, 6.45) is 3.66. The van der Waals surface area contributed by atoms with E-state index in [0.29, 0.717) is 25.6 Å². The predicted octanol–water partition coefficient (Wildman–Crippen LogP) is 0.674. The van der Waals surface area contributed by atoms with Gasteiger partial charge in [0.2, 0.25) is 10.0 Å². The molecule has 0 saturated carbocycles. The number of sulfonamides is 1. The zero-order valence-corrected chi connectivity index (χ0v) is 12.3. The molecule has 0 spiro atoms.